The van der Waals surface area contributed by atoms with Crippen molar-refractivity contribution in [1.29, 1.82) is 0 Å². The summed E-state index contributed by atoms with van der Waals surface area (Å²) < 4.78 is 0. The molecule has 0 radical (unpaired) electrons. The summed E-state index contributed by atoms with van der Waals surface area (Å²) >= 11 is 0. The average molecular weight is 270 g/mol. The second-order valence-corrected chi connectivity index (χ2v) is 5.57. The highest BCUT2D eigenvalue weighted by atomic mass is 16.4. The second kappa shape index (κ2) is 8.02. The van der Waals surface area contributed by atoms with Crippen molar-refractivity contribution in [2.24, 2.45) is 11.8 Å². The zero-order valence-corrected chi connectivity index (χ0v) is 11.9. The summed E-state index contributed by atoms with van der Waals surface area (Å²) in [6.45, 7) is 4.30. The molecule has 2 atom stereocenters. The molecular formula is C14H26N2O3. The van der Waals surface area contributed by atoms with Gasteiger partial charge in [-0.15, -0.1) is 0 Å². The molecule has 110 valence electrons. The molecule has 1 aliphatic carbocycles. The normalized spacial score (nSPS) is 17.6. The molecule has 0 aromatic heterocycles. The van der Waals surface area contributed by atoms with Crippen LogP contribution in [0.15, 0.2) is 0 Å². The van der Waals surface area contributed by atoms with E-state index in [1.807, 2.05) is 0 Å². The third-order valence-electron chi connectivity index (χ3n) is 3.66. The molecular weight excluding hydrogens is 244 g/mol. The van der Waals surface area contributed by atoms with Crippen molar-refractivity contribution in [1.82, 2.24) is 10.6 Å². The molecule has 3 N–H and O–H groups in total. The van der Waals surface area contributed by atoms with E-state index in [9.17, 15) is 9.59 Å². The Kier molecular flexibility index (Phi) is 6.67. The number of carboxylic acids is 1. The molecule has 0 aliphatic heterocycles. The Labute approximate surface area is 115 Å². The SMILES string of the molecule is CCC(CC1CC1)NC(=O)NCCCC(C)C(=O)O. The van der Waals surface area contributed by atoms with Gasteiger partial charge >= 0.3 is 12.0 Å². The van der Waals surface area contributed by atoms with Gasteiger partial charge in [-0.3, -0.25) is 4.79 Å². The van der Waals surface area contributed by atoms with Gasteiger partial charge in [-0.05, 0) is 31.6 Å². The summed E-state index contributed by atoms with van der Waals surface area (Å²) in [6, 6.07) is 0.140. The lowest BCUT2D eigenvalue weighted by atomic mass is 10.1. The summed E-state index contributed by atoms with van der Waals surface area (Å²) in [4.78, 5) is 22.3. The van der Waals surface area contributed by atoms with Crippen LogP contribution in [-0.2, 0) is 4.79 Å². The predicted octanol–water partition coefficient (Wildman–Crippen LogP) is 2.37. The average Bonchev–Trinajstić information content (AvgIpc) is 3.17. The molecule has 2 unspecified atom stereocenters. The first-order valence-electron chi connectivity index (χ1n) is 7.30. The number of carbonyl (C=O) groups is 2. The Hall–Kier alpha value is -1.26. The van der Waals surface area contributed by atoms with Crippen LogP contribution in [0.5, 0.6) is 0 Å². The van der Waals surface area contributed by atoms with Crippen LogP contribution in [0.4, 0.5) is 4.79 Å². The molecule has 2 amide bonds. The fourth-order valence-corrected chi connectivity index (χ4v) is 2.05. The van der Waals surface area contributed by atoms with Gasteiger partial charge in [-0.25, -0.2) is 4.79 Å². The number of carboxylic acid groups (broad SMARTS) is 1. The molecule has 0 saturated heterocycles. The van der Waals surface area contributed by atoms with Crippen LogP contribution in [0.3, 0.4) is 0 Å². The van der Waals surface area contributed by atoms with E-state index in [1.165, 1.54) is 12.8 Å². The number of rotatable bonds is 9. The van der Waals surface area contributed by atoms with E-state index < -0.39 is 5.97 Å². The number of amides is 2. The van der Waals surface area contributed by atoms with Crippen molar-refractivity contribution in [3.63, 3.8) is 0 Å². The van der Waals surface area contributed by atoms with Crippen molar-refractivity contribution in [2.75, 3.05) is 6.54 Å². The van der Waals surface area contributed by atoms with Crippen LogP contribution in [0, 0.1) is 11.8 Å². The Morgan fingerprint density at radius 2 is 2.05 bits per heavy atom. The molecule has 0 aromatic carbocycles. The van der Waals surface area contributed by atoms with Crippen LogP contribution in [0.1, 0.15) is 52.4 Å². The number of urea groups is 1. The van der Waals surface area contributed by atoms with Gasteiger partial charge in [0.1, 0.15) is 0 Å². The van der Waals surface area contributed by atoms with Crippen LogP contribution in [0.2, 0.25) is 0 Å². The van der Waals surface area contributed by atoms with E-state index in [-0.39, 0.29) is 18.0 Å². The maximum atomic E-state index is 11.7. The largest absolute Gasteiger partial charge is 0.481 e. The summed E-state index contributed by atoms with van der Waals surface area (Å²) in [5.41, 5.74) is 0. The summed E-state index contributed by atoms with van der Waals surface area (Å²) in [5, 5.41) is 14.5. The van der Waals surface area contributed by atoms with Crippen molar-refractivity contribution in [3.8, 4) is 0 Å². The monoisotopic (exact) mass is 270 g/mol. The van der Waals surface area contributed by atoms with Crippen molar-refractivity contribution in [2.45, 2.75) is 58.4 Å². The fourth-order valence-electron chi connectivity index (χ4n) is 2.05. The highest BCUT2D eigenvalue weighted by Gasteiger charge is 2.25. The minimum atomic E-state index is -0.778. The van der Waals surface area contributed by atoms with Crippen LogP contribution in [-0.4, -0.2) is 29.7 Å². The molecule has 5 heteroatoms. The number of aliphatic carboxylic acids is 1. The molecule has 0 spiro atoms. The van der Waals surface area contributed by atoms with E-state index in [2.05, 4.69) is 17.6 Å². The molecule has 1 fully saturated rings. The van der Waals surface area contributed by atoms with Gasteiger partial charge in [0.2, 0.25) is 0 Å². The summed E-state index contributed by atoms with van der Waals surface area (Å²) in [6.07, 6.45) is 5.93. The van der Waals surface area contributed by atoms with Gasteiger partial charge in [-0.2, -0.15) is 0 Å². The Bertz CT molecular complexity index is 303. The van der Waals surface area contributed by atoms with E-state index in [0.29, 0.717) is 19.4 Å². The van der Waals surface area contributed by atoms with Gasteiger partial charge < -0.3 is 15.7 Å². The highest BCUT2D eigenvalue weighted by Crippen LogP contribution is 2.33. The van der Waals surface area contributed by atoms with Crippen molar-refractivity contribution < 1.29 is 14.7 Å². The lowest BCUT2D eigenvalue weighted by molar-refractivity contribution is -0.141. The van der Waals surface area contributed by atoms with Crippen LogP contribution >= 0.6 is 0 Å². The zero-order chi connectivity index (χ0) is 14.3. The molecule has 0 heterocycles. The molecule has 19 heavy (non-hydrogen) atoms. The topological polar surface area (TPSA) is 78.4 Å². The molecule has 0 aromatic rings. The van der Waals surface area contributed by atoms with Gasteiger partial charge in [0.25, 0.3) is 0 Å². The number of hydrogen-bond acceptors (Lipinski definition) is 2. The molecule has 1 aliphatic rings. The maximum absolute atomic E-state index is 11.7. The van der Waals surface area contributed by atoms with Crippen molar-refractivity contribution in [3.05, 3.63) is 0 Å². The van der Waals surface area contributed by atoms with E-state index in [1.54, 1.807) is 6.92 Å². The standard InChI is InChI=1S/C14H26N2O3/c1-3-12(9-11-6-7-11)16-14(19)15-8-4-5-10(2)13(17)18/h10-12H,3-9H2,1-2H3,(H,17,18)(H2,15,16,19). The van der Waals surface area contributed by atoms with Crippen molar-refractivity contribution >= 4 is 12.0 Å². The molecule has 5 nitrogen and oxygen atoms in total. The lowest BCUT2D eigenvalue weighted by Gasteiger charge is -2.17. The highest BCUT2D eigenvalue weighted by molar-refractivity contribution is 5.74. The van der Waals surface area contributed by atoms with Gasteiger partial charge in [0.05, 0.1) is 5.92 Å². The van der Waals surface area contributed by atoms with Crippen LogP contribution in [0.25, 0.3) is 0 Å². The first kappa shape index (κ1) is 15.8. The van der Waals surface area contributed by atoms with Gasteiger partial charge in [-0.1, -0.05) is 26.7 Å². The van der Waals surface area contributed by atoms with Crippen LogP contribution < -0.4 is 10.6 Å². The summed E-state index contributed by atoms with van der Waals surface area (Å²) in [7, 11) is 0. The third kappa shape index (κ3) is 7.03. The Balaban J connectivity index is 2.07. The molecule has 1 rings (SSSR count). The van der Waals surface area contributed by atoms with Gasteiger partial charge in [0, 0.05) is 12.6 Å². The predicted molar refractivity (Wildman–Crippen MR) is 74.0 cm³/mol. The number of carbonyl (C=O) groups excluding carboxylic acids is 1. The maximum Gasteiger partial charge on any atom is 0.315 e. The third-order valence-corrected chi connectivity index (χ3v) is 3.66. The second-order valence-electron chi connectivity index (χ2n) is 5.57. The van der Waals surface area contributed by atoms with E-state index in [0.717, 1.165) is 18.8 Å². The first-order valence-corrected chi connectivity index (χ1v) is 7.30. The lowest BCUT2D eigenvalue weighted by Crippen LogP contribution is -2.42. The van der Waals surface area contributed by atoms with E-state index >= 15 is 0 Å². The quantitative estimate of drug-likeness (QED) is 0.563. The number of nitrogens with one attached hydrogen (secondary N) is 2. The first-order chi connectivity index (χ1) is 9.02. The van der Waals surface area contributed by atoms with Gasteiger partial charge in [0.15, 0.2) is 0 Å². The smallest absolute Gasteiger partial charge is 0.315 e. The summed E-state index contributed by atoms with van der Waals surface area (Å²) in [5.74, 6) is -0.315. The number of hydrogen-bond donors (Lipinski definition) is 3. The fraction of sp³-hybridized carbons (Fsp3) is 0.857. The molecule has 0 bridgehead atoms. The Morgan fingerprint density at radius 1 is 1.37 bits per heavy atom. The van der Waals surface area contributed by atoms with E-state index in [4.69, 9.17) is 5.11 Å². The minimum Gasteiger partial charge on any atom is -0.481 e. The zero-order valence-electron chi connectivity index (χ0n) is 11.9. The molecule has 1 saturated carbocycles. The minimum absolute atomic E-state index is 0.129. The Morgan fingerprint density at radius 3 is 2.58 bits per heavy atom.